The molecule has 0 bridgehead atoms. The smallest absolute Gasteiger partial charge is 0.300 e. The molecule has 1 aromatic rings. The van der Waals surface area contributed by atoms with Gasteiger partial charge in [0.05, 0.1) is 6.61 Å². The van der Waals surface area contributed by atoms with Gasteiger partial charge in [-0.05, 0) is 18.6 Å². The van der Waals surface area contributed by atoms with Gasteiger partial charge >= 0.3 is 10.1 Å². The van der Waals surface area contributed by atoms with E-state index in [-0.39, 0.29) is 12.4 Å². The van der Waals surface area contributed by atoms with Gasteiger partial charge in [-0.3, -0.25) is 4.18 Å². The second kappa shape index (κ2) is 4.50. The number of hydrogen-bond acceptors (Lipinski definition) is 5. The van der Waals surface area contributed by atoms with Crippen LogP contribution in [-0.4, -0.2) is 25.2 Å². The second-order valence-electron chi connectivity index (χ2n) is 2.93. The van der Waals surface area contributed by atoms with Crippen LogP contribution >= 0.6 is 0 Å². The Hall–Kier alpha value is -1.27. The predicted octanol–water partition coefficient (Wildman–Crippen LogP) is 1.21. The molecule has 0 spiro atoms. The lowest BCUT2D eigenvalue weighted by Crippen LogP contribution is -2.07. The third-order valence-electron chi connectivity index (χ3n) is 1.66. The lowest BCUT2D eigenvalue weighted by Gasteiger charge is -2.06. The Bertz CT molecular complexity index is 438. The molecule has 84 valence electrons. The van der Waals surface area contributed by atoms with E-state index >= 15 is 0 Å². The van der Waals surface area contributed by atoms with Crippen LogP contribution in [0.5, 0.6) is 11.5 Å². The molecule has 6 heteroatoms. The van der Waals surface area contributed by atoms with Crippen LogP contribution in [0.4, 0.5) is 0 Å². The van der Waals surface area contributed by atoms with Crippen molar-refractivity contribution in [1.29, 1.82) is 0 Å². The molecular weight excluding hydrogens is 220 g/mol. The van der Waals surface area contributed by atoms with E-state index in [0.29, 0.717) is 6.42 Å². The first-order valence-corrected chi connectivity index (χ1v) is 5.79. The van der Waals surface area contributed by atoms with Gasteiger partial charge in [-0.25, -0.2) is 0 Å². The summed E-state index contributed by atoms with van der Waals surface area (Å²) in [6, 6.07) is 3.23. The van der Waals surface area contributed by atoms with Gasteiger partial charge in [0.25, 0.3) is 0 Å². The maximum absolute atomic E-state index is 11.5. The third-order valence-corrected chi connectivity index (χ3v) is 3.00. The molecule has 1 rings (SSSR count). The maximum atomic E-state index is 11.5. The molecule has 5 nitrogen and oxygen atoms in total. The number of aromatic hydroxyl groups is 2. The Morgan fingerprint density at radius 2 is 2.00 bits per heavy atom. The SMILES string of the molecule is CCCOS(=O)(=O)c1cc(O)ccc1O. The van der Waals surface area contributed by atoms with Crippen LogP contribution in [0, 0.1) is 0 Å². The summed E-state index contributed by atoms with van der Waals surface area (Å²) >= 11 is 0. The fraction of sp³-hybridized carbons (Fsp3) is 0.333. The summed E-state index contributed by atoms with van der Waals surface area (Å²) in [6.07, 6.45) is 0.540. The zero-order valence-electron chi connectivity index (χ0n) is 8.17. The summed E-state index contributed by atoms with van der Waals surface area (Å²) < 4.78 is 27.5. The number of hydrogen-bond donors (Lipinski definition) is 2. The molecule has 0 amide bonds. The Kier molecular flexibility index (Phi) is 3.54. The van der Waals surface area contributed by atoms with E-state index in [2.05, 4.69) is 4.18 Å². The average Bonchev–Trinajstić information content (AvgIpc) is 2.18. The normalized spacial score (nSPS) is 11.5. The minimum atomic E-state index is -3.99. The van der Waals surface area contributed by atoms with Crippen molar-refractivity contribution >= 4 is 10.1 Å². The van der Waals surface area contributed by atoms with Crippen molar-refractivity contribution in [2.75, 3.05) is 6.61 Å². The highest BCUT2D eigenvalue weighted by molar-refractivity contribution is 7.86. The van der Waals surface area contributed by atoms with Gasteiger partial charge in [-0.2, -0.15) is 8.42 Å². The van der Waals surface area contributed by atoms with Gasteiger partial charge in [0, 0.05) is 6.07 Å². The van der Waals surface area contributed by atoms with Crippen molar-refractivity contribution in [2.24, 2.45) is 0 Å². The van der Waals surface area contributed by atoms with Crippen LogP contribution in [-0.2, 0) is 14.3 Å². The van der Waals surface area contributed by atoms with Gasteiger partial charge in [-0.15, -0.1) is 0 Å². The first-order chi connectivity index (χ1) is 6.97. The van der Waals surface area contributed by atoms with Gasteiger partial charge < -0.3 is 10.2 Å². The molecule has 0 aliphatic carbocycles. The molecule has 0 saturated heterocycles. The summed E-state index contributed by atoms with van der Waals surface area (Å²) in [4.78, 5) is -0.420. The van der Waals surface area contributed by atoms with Crippen LogP contribution in [0.1, 0.15) is 13.3 Å². The standard InChI is InChI=1S/C9H12O5S/c1-2-5-14-15(12,13)9-6-7(10)3-4-8(9)11/h3-4,6,10-11H,2,5H2,1H3. The van der Waals surface area contributed by atoms with Crippen LogP contribution < -0.4 is 0 Å². The quantitative estimate of drug-likeness (QED) is 0.602. The monoisotopic (exact) mass is 232 g/mol. The van der Waals surface area contributed by atoms with Crippen molar-refractivity contribution in [3.63, 3.8) is 0 Å². The summed E-state index contributed by atoms with van der Waals surface area (Å²) in [5.41, 5.74) is 0. The van der Waals surface area contributed by atoms with E-state index in [1.807, 2.05) is 0 Å². The van der Waals surface area contributed by atoms with E-state index in [0.717, 1.165) is 12.1 Å². The molecule has 0 heterocycles. The lowest BCUT2D eigenvalue weighted by molar-refractivity contribution is 0.315. The zero-order valence-corrected chi connectivity index (χ0v) is 8.99. The van der Waals surface area contributed by atoms with E-state index < -0.39 is 20.8 Å². The highest BCUT2D eigenvalue weighted by Crippen LogP contribution is 2.27. The number of benzene rings is 1. The largest absolute Gasteiger partial charge is 0.508 e. The molecule has 0 unspecified atom stereocenters. The highest BCUT2D eigenvalue weighted by atomic mass is 32.2. The minimum absolute atomic E-state index is 0.0391. The first kappa shape index (κ1) is 11.8. The van der Waals surface area contributed by atoms with E-state index in [1.54, 1.807) is 6.92 Å². The molecular formula is C9H12O5S. The van der Waals surface area contributed by atoms with E-state index in [9.17, 15) is 13.5 Å². The van der Waals surface area contributed by atoms with Crippen LogP contribution in [0.15, 0.2) is 23.1 Å². The molecule has 0 saturated carbocycles. The predicted molar refractivity (Wildman–Crippen MR) is 53.2 cm³/mol. The minimum Gasteiger partial charge on any atom is -0.508 e. The molecule has 1 aromatic carbocycles. The fourth-order valence-corrected chi connectivity index (χ4v) is 2.06. The lowest BCUT2D eigenvalue weighted by atomic mass is 10.3. The molecule has 0 aliphatic heterocycles. The highest BCUT2D eigenvalue weighted by Gasteiger charge is 2.19. The third kappa shape index (κ3) is 2.84. The molecule has 0 atom stereocenters. The van der Waals surface area contributed by atoms with Gasteiger partial charge in [-0.1, -0.05) is 6.92 Å². The Morgan fingerprint density at radius 1 is 1.33 bits per heavy atom. The van der Waals surface area contributed by atoms with Gasteiger partial charge in [0.2, 0.25) is 0 Å². The molecule has 2 N–H and O–H groups in total. The van der Waals surface area contributed by atoms with Crippen molar-refractivity contribution in [1.82, 2.24) is 0 Å². The Labute approximate surface area is 88.1 Å². The van der Waals surface area contributed by atoms with Crippen molar-refractivity contribution in [3.8, 4) is 11.5 Å². The summed E-state index contributed by atoms with van der Waals surface area (Å²) in [5, 5.41) is 18.4. The maximum Gasteiger partial charge on any atom is 0.300 e. The van der Waals surface area contributed by atoms with Crippen molar-refractivity contribution < 1.29 is 22.8 Å². The summed E-state index contributed by atoms with van der Waals surface area (Å²) in [7, 11) is -3.99. The zero-order chi connectivity index (χ0) is 11.5. The second-order valence-corrected chi connectivity index (χ2v) is 4.51. The number of rotatable bonds is 4. The molecule has 0 radical (unpaired) electrons. The van der Waals surface area contributed by atoms with Gasteiger partial charge in [0.15, 0.2) is 0 Å². The number of phenolic OH excluding ortho intramolecular Hbond substituents is 2. The fourth-order valence-electron chi connectivity index (χ4n) is 0.960. The molecule has 15 heavy (non-hydrogen) atoms. The molecule has 0 aromatic heterocycles. The van der Waals surface area contributed by atoms with E-state index in [4.69, 9.17) is 5.11 Å². The van der Waals surface area contributed by atoms with Crippen LogP contribution in [0.25, 0.3) is 0 Å². The van der Waals surface area contributed by atoms with Crippen LogP contribution in [0.2, 0.25) is 0 Å². The Morgan fingerprint density at radius 3 is 2.60 bits per heavy atom. The van der Waals surface area contributed by atoms with Gasteiger partial charge in [0.1, 0.15) is 16.4 Å². The van der Waals surface area contributed by atoms with Crippen molar-refractivity contribution in [2.45, 2.75) is 18.2 Å². The molecule has 0 fully saturated rings. The van der Waals surface area contributed by atoms with E-state index in [1.165, 1.54) is 6.07 Å². The van der Waals surface area contributed by atoms with Crippen molar-refractivity contribution in [3.05, 3.63) is 18.2 Å². The number of phenols is 2. The average molecular weight is 232 g/mol. The Balaban J connectivity index is 3.09. The first-order valence-electron chi connectivity index (χ1n) is 4.39. The molecule has 0 aliphatic rings. The summed E-state index contributed by atoms with van der Waals surface area (Å²) in [5.74, 6) is -0.685. The summed E-state index contributed by atoms with van der Waals surface area (Å²) in [6.45, 7) is 1.80. The topological polar surface area (TPSA) is 83.8 Å². The van der Waals surface area contributed by atoms with Crippen LogP contribution in [0.3, 0.4) is 0 Å².